The van der Waals surface area contributed by atoms with Gasteiger partial charge in [0.15, 0.2) is 6.20 Å². The molecule has 6 heteroatoms. The van der Waals surface area contributed by atoms with Gasteiger partial charge in [-0.15, -0.1) is 0 Å². The molecule has 0 radical (unpaired) electrons. The number of anilines is 1. The maximum Gasteiger partial charge on any atom is 0.254 e. The van der Waals surface area contributed by atoms with Gasteiger partial charge in [0.25, 0.3) is 5.82 Å². The largest absolute Gasteiger partial charge is 0.344 e. The van der Waals surface area contributed by atoms with Crippen LogP contribution in [0.2, 0.25) is 0 Å². The van der Waals surface area contributed by atoms with Crippen LogP contribution in [-0.2, 0) is 19.6 Å². The molecule has 0 unspecified atom stereocenters. The highest BCUT2D eigenvalue weighted by Crippen LogP contribution is 2.35. The van der Waals surface area contributed by atoms with Gasteiger partial charge in [0.2, 0.25) is 5.82 Å². The van der Waals surface area contributed by atoms with E-state index in [1.54, 1.807) is 0 Å². The van der Waals surface area contributed by atoms with Crippen molar-refractivity contribution >= 4 is 5.82 Å². The van der Waals surface area contributed by atoms with Gasteiger partial charge in [-0.05, 0) is 34.6 Å². The Balaban J connectivity index is 1.93. The van der Waals surface area contributed by atoms with Crippen LogP contribution >= 0.6 is 0 Å². The predicted molar refractivity (Wildman–Crippen MR) is 99.9 cm³/mol. The molecule has 25 heavy (non-hydrogen) atoms. The molecule has 0 saturated heterocycles. The SMILES string of the molecule is Cc1n(C)c(N2C=CN(C(C)(C)c3nccn3C)[C@@H]2C)c[n+]1C(C)C. The summed E-state index contributed by atoms with van der Waals surface area (Å²) in [6, 6.07) is 0.446. The van der Waals surface area contributed by atoms with E-state index in [1.165, 1.54) is 11.6 Å². The standard InChI is InChI=1S/C19H31N6/c1-14(2)24-13-17(22(8)15(24)3)23-11-12-25(16(23)4)19(5,6)18-20-9-10-21(18)7/h9-14,16H,1-8H3/q+1/t16-/m1/s1. The highest BCUT2D eigenvalue weighted by molar-refractivity contribution is 5.44. The molecule has 3 rings (SSSR count). The highest BCUT2D eigenvalue weighted by atomic mass is 15.5. The summed E-state index contributed by atoms with van der Waals surface area (Å²) < 4.78 is 6.68. The van der Waals surface area contributed by atoms with Gasteiger partial charge in [-0.3, -0.25) is 4.90 Å². The Morgan fingerprint density at radius 2 is 1.88 bits per heavy atom. The Bertz CT molecular complexity index is 795. The summed E-state index contributed by atoms with van der Waals surface area (Å²) in [4.78, 5) is 9.29. The second kappa shape index (κ2) is 5.93. The minimum atomic E-state index is -0.197. The first-order valence-electron chi connectivity index (χ1n) is 8.96. The number of aryl methyl sites for hydroxylation is 1. The fourth-order valence-corrected chi connectivity index (χ4v) is 3.92. The van der Waals surface area contributed by atoms with Crippen molar-refractivity contribution in [3.05, 3.63) is 42.6 Å². The quantitative estimate of drug-likeness (QED) is 0.801. The molecule has 2 aromatic rings. The summed E-state index contributed by atoms with van der Waals surface area (Å²) in [6.45, 7) is 13.3. The average Bonchev–Trinajstić information content (AvgIpc) is 3.20. The molecule has 0 fully saturated rings. The van der Waals surface area contributed by atoms with E-state index in [2.05, 4.69) is 103 Å². The minimum absolute atomic E-state index is 0.197. The maximum atomic E-state index is 4.58. The molecule has 6 nitrogen and oxygen atoms in total. The van der Waals surface area contributed by atoms with E-state index in [0.29, 0.717) is 6.04 Å². The van der Waals surface area contributed by atoms with Crippen LogP contribution in [0.4, 0.5) is 5.82 Å². The number of aromatic nitrogens is 4. The second-order valence-corrected chi connectivity index (χ2v) is 7.76. The fraction of sp³-hybridized carbons (Fsp3) is 0.579. The third kappa shape index (κ3) is 2.64. The van der Waals surface area contributed by atoms with E-state index in [-0.39, 0.29) is 11.7 Å². The molecule has 1 aliphatic heterocycles. The molecule has 0 saturated carbocycles. The molecule has 3 heterocycles. The summed E-state index contributed by atoms with van der Waals surface area (Å²) in [7, 11) is 4.19. The third-order valence-electron chi connectivity index (χ3n) is 5.49. The molecular formula is C19H31N6+. The van der Waals surface area contributed by atoms with E-state index in [1.807, 2.05) is 12.4 Å². The summed E-state index contributed by atoms with van der Waals surface area (Å²) in [5.74, 6) is 3.52. The van der Waals surface area contributed by atoms with Gasteiger partial charge in [0.05, 0.1) is 18.6 Å². The van der Waals surface area contributed by atoms with Crippen molar-refractivity contribution in [2.24, 2.45) is 14.1 Å². The molecule has 0 aliphatic carbocycles. The van der Waals surface area contributed by atoms with Crippen LogP contribution < -0.4 is 9.47 Å². The van der Waals surface area contributed by atoms with E-state index < -0.39 is 0 Å². The maximum absolute atomic E-state index is 4.58. The first kappa shape index (κ1) is 17.6. The molecule has 0 aromatic carbocycles. The topological polar surface area (TPSA) is 33.1 Å². The Morgan fingerprint density at radius 3 is 2.40 bits per heavy atom. The van der Waals surface area contributed by atoms with Crippen LogP contribution in [0.5, 0.6) is 0 Å². The number of nitrogens with zero attached hydrogens (tertiary/aromatic N) is 6. The Labute approximate surface area is 151 Å². The molecule has 0 amide bonds. The Hall–Kier alpha value is -2.24. The molecule has 2 aromatic heterocycles. The van der Waals surface area contributed by atoms with Crippen molar-refractivity contribution in [2.75, 3.05) is 4.90 Å². The lowest BCUT2D eigenvalue weighted by molar-refractivity contribution is -0.721. The monoisotopic (exact) mass is 343 g/mol. The third-order valence-corrected chi connectivity index (χ3v) is 5.49. The lowest BCUT2D eigenvalue weighted by Gasteiger charge is -2.40. The smallest absolute Gasteiger partial charge is 0.254 e. The van der Waals surface area contributed by atoms with Crippen molar-refractivity contribution in [1.29, 1.82) is 0 Å². The van der Waals surface area contributed by atoms with Gasteiger partial charge in [-0.1, -0.05) is 0 Å². The zero-order valence-electron chi connectivity index (χ0n) is 16.7. The van der Waals surface area contributed by atoms with Crippen molar-refractivity contribution in [3.63, 3.8) is 0 Å². The van der Waals surface area contributed by atoms with Crippen LogP contribution in [-0.4, -0.2) is 25.2 Å². The van der Waals surface area contributed by atoms with Crippen LogP contribution in [0.1, 0.15) is 52.3 Å². The molecule has 0 spiro atoms. The molecule has 136 valence electrons. The first-order valence-corrected chi connectivity index (χ1v) is 8.96. The predicted octanol–water partition coefficient (Wildman–Crippen LogP) is 2.81. The minimum Gasteiger partial charge on any atom is -0.344 e. The van der Waals surface area contributed by atoms with Crippen molar-refractivity contribution in [3.8, 4) is 0 Å². The van der Waals surface area contributed by atoms with Crippen molar-refractivity contribution in [2.45, 2.75) is 59.3 Å². The molecule has 1 aliphatic rings. The molecule has 1 atom stereocenters. The Morgan fingerprint density at radius 1 is 1.20 bits per heavy atom. The van der Waals surface area contributed by atoms with Crippen LogP contribution in [0.15, 0.2) is 31.0 Å². The zero-order valence-corrected chi connectivity index (χ0v) is 16.7. The number of imidazole rings is 2. The van der Waals surface area contributed by atoms with Crippen molar-refractivity contribution in [1.82, 2.24) is 19.0 Å². The number of rotatable bonds is 4. The van der Waals surface area contributed by atoms with Gasteiger partial charge in [-0.2, -0.15) is 0 Å². The Kier molecular flexibility index (Phi) is 4.17. The van der Waals surface area contributed by atoms with E-state index in [9.17, 15) is 0 Å². The van der Waals surface area contributed by atoms with Gasteiger partial charge in [0.1, 0.15) is 12.0 Å². The van der Waals surface area contributed by atoms with Crippen LogP contribution in [0, 0.1) is 6.92 Å². The summed E-state index contributed by atoms with van der Waals surface area (Å²) in [6.07, 6.45) is 10.7. The summed E-state index contributed by atoms with van der Waals surface area (Å²) in [5.41, 5.74) is -0.197. The van der Waals surface area contributed by atoms with Crippen LogP contribution in [0.25, 0.3) is 0 Å². The zero-order chi connectivity index (χ0) is 18.5. The van der Waals surface area contributed by atoms with Crippen LogP contribution in [0.3, 0.4) is 0 Å². The average molecular weight is 343 g/mol. The van der Waals surface area contributed by atoms with Gasteiger partial charge < -0.3 is 9.47 Å². The summed E-state index contributed by atoms with van der Waals surface area (Å²) in [5, 5.41) is 0. The van der Waals surface area contributed by atoms with E-state index in [0.717, 1.165) is 5.82 Å². The lowest BCUT2D eigenvalue weighted by atomic mass is 10.0. The first-order chi connectivity index (χ1) is 11.7. The number of hydrogen-bond acceptors (Lipinski definition) is 3. The van der Waals surface area contributed by atoms with E-state index in [4.69, 9.17) is 0 Å². The second-order valence-electron chi connectivity index (χ2n) is 7.76. The highest BCUT2D eigenvalue weighted by Gasteiger charge is 2.40. The normalized spacial score (nSPS) is 18.0. The molecule has 0 bridgehead atoms. The molecule has 0 N–H and O–H groups in total. The molecular weight excluding hydrogens is 312 g/mol. The van der Waals surface area contributed by atoms with E-state index >= 15 is 0 Å². The lowest BCUT2D eigenvalue weighted by Crippen LogP contribution is -2.47. The van der Waals surface area contributed by atoms with Gasteiger partial charge in [0, 0.05) is 38.8 Å². The fourth-order valence-electron chi connectivity index (χ4n) is 3.92. The van der Waals surface area contributed by atoms with Gasteiger partial charge in [-0.25, -0.2) is 14.1 Å². The van der Waals surface area contributed by atoms with Gasteiger partial charge >= 0.3 is 0 Å². The van der Waals surface area contributed by atoms with Crippen molar-refractivity contribution < 1.29 is 4.57 Å². The number of hydrogen-bond donors (Lipinski definition) is 0. The summed E-state index contributed by atoms with van der Waals surface area (Å²) >= 11 is 0.